The van der Waals surface area contributed by atoms with Crippen molar-refractivity contribution >= 4 is 28.4 Å². The van der Waals surface area contributed by atoms with Gasteiger partial charge in [-0.2, -0.15) is 0 Å². The van der Waals surface area contributed by atoms with Crippen molar-refractivity contribution < 1.29 is 28.4 Å². The second kappa shape index (κ2) is 7.93. The number of esters is 1. The van der Waals surface area contributed by atoms with Crippen LogP contribution >= 0.6 is 0 Å². The summed E-state index contributed by atoms with van der Waals surface area (Å²) < 4.78 is 15.6. The Bertz CT molecular complexity index is 1180. The molecule has 0 radical (unpaired) electrons. The summed E-state index contributed by atoms with van der Waals surface area (Å²) in [7, 11) is 0. The predicted molar refractivity (Wildman–Crippen MR) is 101 cm³/mol. The average molecular weight is 397 g/mol. The summed E-state index contributed by atoms with van der Waals surface area (Å²) in [6.45, 7) is 2.47. The van der Waals surface area contributed by atoms with E-state index in [1.165, 1.54) is 43.3 Å². The Labute approximate surface area is 163 Å². The van der Waals surface area contributed by atoms with Gasteiger partial charge in [-0.1, -0.05) is 0 Å². The van der Waals surface area contributed by atoms with Gasteiger partial charge in [-0.05, 0) is 43.7 Å². The first-order chi connectivity index (χ1) is 13.8. The van der Waals surface area contributed by atoms with Gasteiger partial charge in [0.2, 0.25) is 0 Å². The third kappa shape index (κ3) is 4.29. The van der Waals surface area contributed by atoms with Gasteiger partial charge in [-0.15, -0.1) is 0 Å². The van der Waals surface area contributed by atoms with Crippen LogP contribution in [0.1, 0.15) is 22.8 Å². The summed E-state index contributed by atoms with van der Waals surface area (Å²) in [5, 5.41) is 11.2. The highest BCUT2D eigenvalue weighted by Crippen LogP contribution is 2.29. The molecule has 0 unspecified atom stereocenters. The number of carbonyl (C=O) groups is 2. The first kappa shape index (κ1) is 19.7. The average Bonchev–Trinajstić information content (AvgIpc) is 2.66. The van der Waals surface area contributed by atoms with Crippen molar-refractivity contribution in [2.75, 3.05) is 6.61 Å². The highest BCUT2D eigenvalue weighted by atomic mass is 16.6. The number of aryl methyl sites for hydroxylation is 1. The molecular formula is C20H15NO8. The second-order valence-corrected chi connectivity index (χ2v) is 6.13. The highest BCUT2D eigenvalue weighted by Gasteiger charge is 2.20. The Morgan fingerprint density at radius 3 is 2.45 bits per heavy atom. The number of rotatable bonds is 6. The van der Waals surface area contributed by atoms with Crippen LogP contribution in [-0.2, 0) is 4.79 Å². The fourth-order valence-corrected chi connectivity index (χ4v) is 2.74. The van der Waals surface area contributed by atoms with E-state index in [-0.39, 0.29) is 28.3 Å². The molecule has 9 heteroatoms. The standard InChI is InChI=1S/C20H15NO8/c1-11-9-17(23)29-20-15(11)7-8-16(19(20)12(2)22)28-18(24)10-27-14-5-3-13(4-6-14)21(25)26/h3-9H,10H2,1-2H3. The number of hydrogen-bond donors (Lipinski definition) is 0. The van der Waals surface area contributed by atoms with Crippen LogP contribution in [0.3, 0.4) is 0 Å². The molecule has 0 spiro atoms. The smallest absolute Gasteiger partial charge is 0.349 e. The molecule has 9 nitrogen and oxygen atoms in total. The number of nitro benzene ring substituents is 1. The van der Waals surface area contributed by atoms with Gasteiger partial charge in [0.05, 0.1) is 4.92 Å². The summed E-state index contributed by atoms with van der Waals surface area (Å²) in [6, 6.07) is 9.50. The fourth-order valence-electron chi connectivity index (χ4n) is 2.74. The molecule has 148 valence electrons. The lowest BCUT2D eigenvalue weighted by atomic mass is 10.0. The molecule has 2 aromatic carbocycles. The van der Waals surface area contributed by atoms with E-state index in [9.17, 15) is 24.5 Å². The first-order valence-electron chi connectivity index (χ1n) is 8.42. The molecule has 0 saturated heterocycles. The minimum absolute atomic E-state index is 0.0213. The van der Waals surface area contributed by atoms with Crippen LogP contribution < -0.4 is 15.1 Å². The first-order valence-corrected chi connectivity index (χ1v) is 8.42. The zero-order valence-corrected chi connectivity index (χ0v) is 15.5. The molecule has 0 atom stereocenters. The Hall–Kier alpha value is -4.01. The molecule has 0 aliphatic rings. The van der Waals surface area contributed by atoms with E-state index >= 15 is 0 Å². The lowest BCUT2D eigenvalue weighted by molar-refractivity contribution is -0.384. The Morgan fingerprint density at radius 1 is 1.14 bits per heavy atom. The normalized spacial score (nSPS) is 10.6. The summed E-state index contributed by atoms with van der Waals surface area (Å²) in [5.74, 6) is -1.07. The van der Waals surface area contributed by atoms with Crippen molar-refractivity contribution in [2.45, 2.75) is 13.8 Å². The molecule has 29 heavy (non-hydrogen) atoms. The quantitative estimate of drug-likeness (QED) is 0.155. The third-order valence-electron chi connectivity index (χ3n) is 4.06. The lowest BCUT2D eigenvalue weighted by Crippen LogP contribution is -2.19. The van der Waals surface area contributed by atoms with E-state index in [1.807, 2.05) is 0 Å². The van der Waals surface area contributed by atoms with Crippen LogP contribution in [0.5, 0.6) is 11.5 Å². The molecule has 1 aromatic heterocycles. The van der Waals surface area contributed by atoms with Crippen LogP contribution in [0.2, 0.25) is 0 Å². The zero-order valence-electron chi connectivity index (χ0n) is 15.5. The summed E-state index contributed by atoms with van der Waals surface area (Å²) in [4.78, 5) is 46.0. The van der Waals surface area contributed by atoms with Crippen molar-refractivity contribution in [3.8, 4) is 11.5 Å². The minimum Gasteiger partial charge on any atom is -0.482 e. The summed E-state index contributed by atoms with van der Waals surface area (Å²) in [5.41, 5.74) is -0.0874. The molecule has 0 bridgehead atoms. The molecular weight excluding hydrogens is 382 g/mol. The van der Waals surface area contributed by atoms with Crippen LogP contribution in [0.4, 0.5) is 5.69 Å². The summed E-state index contributed by atoms with van der Waals surface area (Å²) >= 11 is 0. The molecule has 3 aromatic rings. The molecule has 0 amide bonds. The maximum atomic E-state index is 12.1. The number of benzene rings is 2. The van der Waals surface area contributed by atoms with Crippen LogP contribution in [0.15, 0.2) is 51.7 Å². The number of nitro groups is 1. The Kier molecular flexibility index (Phi) is 5.40. The SMILES string of the molecule is CC(=O)c1c(OC(=O)COc2ccc([N+](=O)[O-])cc2)ccc2c(C)cc(=O)oc12. The van der Waals surface area contributed by atoms with E-state index in [0.717, 1.165) is 0 Å². The molecule has 0 aliphatic heterocycles. The number of Topliss-reactive ketones (excluding diaryl/α,β-unsaturated/α-hetero) is 1. The van der Waals surface area contributed by atoms with Gasteiger partial charge in [-0.3, -0.25) is 14.9 Å². The molecule has 1 heterocycles. The maximum absolute atomic E-state index is 12.1. The number of nitrogens with zero attached hydrogens (tertiary/aromatic N) is 1. The minimum atomic E-state index is -0.805. The van der Waals surface area contributed by atoms with Crippen molar-refractivity contribution in [2.24, 2.45) is 0 Å². The highest BCUT2D eigenvalue weighted by molar-refractivity contribution is 6.08. The van der Waals surface area contributed by atoms with Crippen LogP contribution in [-0.4, -0.2) is 23.3 Å². The number of fused-ring (bicyclic) bond motifs is 1. The summed E-state index contributed by atoms with van der Waals surface area (Å²) in [6.07, 6.45) is 0. The lowest BCUT2D eigenvalue weighted by Gasteiger charge is -2.11. The predicted octanol–water partition coefficient (Wildman–Crippen LogP) is 3.20. The number of carbonyl (C=O) groups excluding carboxylic acids is 2. The zero-order chi connectivity index (χ0) is 21.1. The molecule has 0 aliphatic carbocycles. The monoisotopic (exact) mass is 397 g/mol. The van der Waals surface area contributed by atoms with E-state index in [2.05, 4.69) is 0 Å². The van der Waals surface area contributed by atoms with E-state index in [4.69, 9.17) is 13.9 Å². The van der Waals surface area contributed by atoms with Gasteiger partial charge in [0.25, 0.3) is 5.69 Å². The molecule has 0 N–H and O–H groups in total. The molecule has 0 saturated carbocycles. The number of hydrogen-bond acceptors (Lipinski definition) is 8. The van der Waals surface area contributed by atoms with E-state index in [0.29, 0.717) is 10.9 Å². The molecule has 3 rings (SSSR count). The number of ketones is 1. The van der Waals surface area contributed by atoms with Gasteiger partial charge in [0.15, 0.2) is 18.0 Å². The number of ether oxygens (including phenoxy) is 2. The third-order valence-corrected chi connectivity index (χ3v) is 4.06. The largest absolute Gasteiger partial charge is 0.482 e. The van der Waals surface area contributed by atoms with E-state index in [1.54, 1.807) is 13.0 Å². The van der Waals surface area contributed by atoms with Crippen LogP contribution in [0.25, 0.3) is 11.0 Å². The van der Waals surface area contributed by atoms with Crippen molar-refractivity contribution in [1.29, 1.82) is 0 Å². The van der Waals surface area contributed by atoms with Crippen molar-refractivity contribution in [3.05, 3.63) is 74.1 Å². The maximum Gasteiger partial charge on any atom is 0.349 e. The topological polar surface area (TPSA) is 126 Å². The van der Waals surface area contributed by atoms with Crippen molar-refractivity contribution in [1.82, 2.24) is 0 Å². The number of non-ortho nitro benzene ring substituents is 1. The van der Waals surface area contributed by atoms with Gasteiger partial charge >= 0.3 is 11.6 Å². The molecule has 0 fully saturated rings. The van der Waals surface area contributed by atoms with Gasteiger partial charge in [0, 0.05) is 23.6 Å². The van der Waals surface area contributed by atoms with Gasteiger partial charge in [0.1, 0.15) is 17.1 Å². The van der Waals surface area contributed by atoms with Gasteiger partial charge < -0.3 is 13.9 Å². The van der Waals surface area contributed by atoms with Crippen LogP contribution in [0, 0.1) is 17.0 Å². The van der Waals surface area contributed by atoms with E-state index < -0.39 is 28.9 Å². The fraction of sp³-hybridized carbons (Fsp3) is 0.150. The Balaban J connectivity index is 1.81. The van der Waals surface area contributed by atoms with Gasteiger partial charge in [-0.25, -0.2) is 9.59 Å². The Morgan fingerprint density at radius 2 is 1.83 bits per heavy atom. The second-order valence-electron chi connectivity index (χ2n) is 6.13. The van der Waals surface area contributed by atoms with Crippen molar-refractivity contribution in [3.63, 3.8) is 0 Å².